The topological polar surface area (TPSA) is 52.7 Å². The van der Waals surface area contributed by atoms with E-state index in [9.17, 15) is 9.90 Å². The average molecular weight is 248 g/mol. The molecular formula is C10H9Cl2O3-. The number of carboxylic acid groups (broad SMARTS) is 1. The zero-order chi connectivity index (χ0) is 11.1. The van der Waals surface area contributed by atoms with Crippen LogP contribution < -0.4 is 5.11 Å². The summed E-state index contributed by atoms with van der Waals surface area (Å²) in [6, 6.07) is 0. The maximum atomic E-state index is 10.9. The van der Waals surface area contributed by atoms with Crippen LogP contribution in [0.1, 0.15) is 6.42 Å². The molecule has 1 heterocycles. The van der Waals surface area contributed by atoms with Crippen LogP contribution in [0.5, 0.6) is 0 Å². The van der Waals surface area contributed by atoms with Gasteiger partial charge in [0.2, 0.25) is 0 Å². The summed E-state index contributed by atoms with van der Waals surface area (Å²) in [6.07, 6.45) is 5.14. The Hall–Kier alpha value is -0.510. The van der Waals surface area contributed by atoms with Gasteiger partial charge in [0.05, 0.1) is 23.6 Å². The third-order valence-corrected chi connectivity index (χ3v) is 3.33. The number of hydrogen-bond acceptors (Lipinski definition) is 3. The van der Waals surface area contributed by atoms with E-state index in [0.29, 0.717) is 18.1 Å². The standard InChI is InChI=1S/C10H10Cl2O3/c11-6-1-2-10(12,4-7-5-15-7)8(3-6)9(13)14/h1-3,7-8H,4-5H2,(H,13,14)/p-1. The smallest absolute Gasteiger partial charge is 0.0830 e. The number of allylic oxidation sites excluding steroid dienone is 3. The number of rotatable bonds is 3. The number of alkyl halides is 1. The van der Waals surface area contributed by atoms with Gasteiger partial charge < -0.3 is 14.6 Å². The van der Waals surface area contributed by atoms with E-state index in [0.717, 1.165) is 0 Å². The molecule has 15 heavy (non-hydrogen) atoms. The van der Waals surface area contributed by atoms with Gasteiger partial charge in [-0.3, -0.25) is 0 Å². The lowest BCUT2D eigenvalue weighted by atomic mass is 9.84. The summed E-state index contributed by atoms with van der Waals surface area (Å²) in [4.78, 5) is 9.97. The van der Waals surface area contributed by atoms with Crippen LogP contribution in [0.25, 0.3) is 0 Å². The molecule has 3 unspecified atom stereocenters. The summed E-state index contributed by atoms with van der Waals surface area (Å²) >= 11 is 12.0. The molecule has 1 fully saturated rings. The lowest BCUT2D eigenvalue weighted by molar-refractivity contribution is -0.310. The summed E-state index contributed by atoms with van der Waals surface area (Å²) < 4.78 is 5.05. The molecule has 2 aliphatic rings. The second-order valence-corrected chi connectivity index (χ2v) is 4.91. The first-order chi connectivity index (χ1) is 7.01. The van der Waals surface area contributed by atoms with E-state index >= 15 is 0 Å². The van der Waals surface area contributed by atoms with Crippen LogP contribution in [0.15, 0.2) is 23.3 Å². The van der Waals surface area contributed by atoms with Gasteiger partial charge >= 0.3 is 0 Å². The predicted octanol–water partition coefficient (Wildman–Crippen LogP) is 0.811. The van der Waals surface area contributed by atoms with Gasteiger partial charge in [-0.2, -0.15) is 0 Å². The molecule has 3 nitrogen and oxygen atoms in total. The Morgan fingerprint density at radius 1 is 1.73 bits per heavy atom. The molecule has 82 valence electrons. The van der Waals surface area contributed by atoms with Crippen molar-refractivity contribution >= 4 is 29.2 Å². The first-order valence-corrected chi connectivity index (χ1v) is 5.35. The van der Waals surface area contributed by atoms with E-state index in [1.807, 2.05) is 0 Å². The number of halogens is 2. The predicted molar refractivity (Wildman–Crippen MR) is 54.5 cm³/mol. The number of epoxide rings is 1. The van der Waals surface area contributed by atoms with E-state index in [1.165, 1.54) is 6.08 Å². The summed E-state index contributed by atoms with van der Waals surface area (Å²) in [6.45, 7) is 0.638. The van der Waals surface area contributed by atoms with Gasteiger partial charge in [-0.05, 0) is 12.5 Å². The minimum absolute atomic E-state index is 0.0549. The van der Waals surface area contributed by atoms with Crippen molar-refractivity contribution in [1.82, 2.24) is 0 Å². The molecule has 0 bridgehead atoms. The van der Waals surface area contributed by atoms with Crippen molar-refractivity contribution < 1.29 is 14.6 Å². The molecule has 5 heteroatoms. The van der Waals surface area contributed by atoms with Gasteiger partial charge in [0, 0.05) is 11.0 Å². The highest BCUT2D eigenvalue weighted by Gasteiger charge is 2.41. The molecule has 3 atom stereocenters. The molecule has 0 aromatic rings. The Kier molecular flexibility index (Phi) is 2.79. The van der Waals surface area contributed by atoms with Crippen molar-refractivity contribution in [2.75, 3.05) is 6.61 Å². The second-order valence-electron chi connectivity index (χ2n) is 3.77. The normalized spacial score (nSPS) is 38.7. The molecule has 1 saturated heterocycles. The van der Waals surface area contributed by atoms with Crippen LogP contribution in [0.3, 0.4) is 0 Å². The highest BCUT2D eigenvalue weighted by Crippen LogP contribution is 2.40. The van der Waals surface area contributed by atoms with Gasteiger partial charge in [-0.1, -0.05) is 23.8 Å². The van der Waals surface area contributed by atoms with Gasteiger partial charge in [0.25, 0.3) is 0 Å². The molecule has 0 radical (unpaired) electrons. The van der Waals surface area contributed by atoms with Gasteiger partial charge in [0.15, 0.2) is 0 Å². The van der Waals surface area contributed by atoms with Crippen LogP contribution >= 0.6 is 23.2 Å². The molecule has 0 saturated carbocycles. The Bertz CT molecular complexity index is 347. The zero-order valence-corrected chi connectivity index (χ0v) is 9.29. The number of carboxylic acids is 1. The first-order valence-electron chi connectivity index (χ1n) is 4.59. The van der Waals surface area contributed by atoms with E-state index in [-0.39, 0.29) is 6.10 Å². The summed E-state index contributed by atoms with van der Waals surface area (Å²) in [5.41, 5.74) is 0. The Labute approximate surface area is 97.3 Å². The molecule has 0 amide bonds. The van der Waals surface area contributed by atoms with Crippen molar-refractivity contribution in [3.63, 3.8) is 0 Å². The lowest BCUT2D eigenvalue weighted by Crippen LogP contribution is -2.44. The van der Waals surface area contributed by atoms with Crippen molar-refractivity contribution in [2.45, 2.75) is 17.4 Å². The van der Waals surface area contributed by atoms with E-state index in [4.69, 9.17) is 27.9 Å². The Morgan fingerprint density at radius 2 is 2.40 bits per heavy atom. The quantitative estimate of drug-likeness (QED) is 0.548. The molecule has 0 N–H and O–H groups in total. The van der Waals surface area contributed by atoms with E-state index in [2.05, 4.69) is 0 Å². The highest BCUT2D eigenvalue weighted by molar-refractivity contribution is 6.33. The van der Waals surface area contributed by atoms with Gasteiger partial charge in [-0.15, -0.1) is 11.6 Å². The maximum Gasteiger partial charge on any atom is 0.0830 e. The maximum absolute atomic E-state index is 10.9. The molecule has 1 aliphatic heterocycles. The highest BCUT2D eigenvalue weighted by atomic mass is 35.5. The van der Waals surface area contributed by atoms with Crippen molar-refractivity contribution in [1.29, 1.82) is 0 Å². The fourth-order valence-electron chi connectivity index (χ4n) is 1.67. The van der Waals surface area contributed by atoms with E-state index in [1.54, 1.807) is 12.2 Å². The van der Waals surface area contributed by atoms with Crippen LogP contribution in [0.4, 0.5) is 0 Å². The van der Waals surface area contributed by atoms with Crippen LogP contribution in [0.2, 0.25) is 0 Å². The zero-order valence-electron chi connectivity index (χ0n) is 7.78. The van der Waals surface area contributed by atoms with Crippen LogP contribution in [-0.4, -0.2) is 23.6 Å². The summed E-state index contributed by atoms with van der Waals surface area (Å²) in [7, 11) is 0. The van der Waals surface area contributed by atoms with Crippen molar-refractivity contribution in [3.8, 4) is 0 Å². The SMILES string of the molecule is O=C([O-])C1C=C(Cl)C=CC1(Cl)CC1CO1. The fraction of sp³-hybridized carbons (Fsp3) is 0.500. The third kappa shape index (κ3) is 2.36. The molecule has 2 rings (SSSR count). The van der Waals surface area contributed by atoms with Crippen molar-refractivity contribution in [2.24, 2.45) is 5.92 Å². The lowest BCUT2D eigenvalue weighted by Gasteiger charge is -2.33. The Balaban J connectivity index is 2.21. The van der Waals surface area contributed by atoms with Gasteiger partial charge in [-0.25, -0.2) is 0 Å². The van der Waals surface area contributed by atoms with Crippen LogP contribution in [-0.2, 0) is 9.53 Å². The number of ether oxygens (including phenoxy) is 1. The van der Waals surface area contributed by atoms with E-state index < -0.39 is 16.8 Å². The largest absolute Gasteiger partial charge is 0.549 e. The van der Waals surface area contributed by atoms with Crippen molar-refractivity contribution in [3.05, 3.63) is 23.3 Å². The molecular weight excluding hydrogens is 239 g/mol. The minimum atomic E-state index is -1.21. The molecule has 0 spiro atoms. The third-order valence-electron chi connectivity index (χ3n) is 2.56. The molecule has 0 aromatic heterocycles. The average Bonchev–Trinajstić information content (AvgIpc) is 2.93. The number of aliphatic carboxylic acids is 1. The monoisotopic (exact) mass is 247 g/mol. The number of carbonyl (C=O) groups excluding carboxylic acids is 1. The number of carbonyl (C=O) groups is 1. The summed E-state index contributed by atoms with van der Waals surface area (Å²) in [5.74, 6) is -2.12. The minimum Gasteiger partial charge on any atom is -0.549 e. The number of hydrogen-bond donors (Lipinski definition) is 0. The first kappa shape index (κ1) is 11.0. The summed E-state index contributed by atoms with van der Waals surface area (Å²) in [5, 5.41) is 11.3. The van der Waals surface area contributed by atoms with Crippen LogP contribution in [0, 0.1) is 5.92 Å². The molecule has 0 aromatic carbocycles. The fourth-order valence-corrected chi connectivity index (χ4v) is 2.25. The Morgan fingerprint density at radius 3 is 2.93 bits per heavy atom. The molecule has 1 aliphatic carbocycles. The van der Waals surface area contributed by atoms with Gasteiger partial charge in [0.1, 0.15) is 0 Å². The second kappa shape index (κ2) is 3.81.